The molecule has 25 heavy (non-hydrogen) atoms. The van der Waals surface area contributed by atoms with Crippen LogP contribution in [0, 0.1) is 0 Å². The van der Waals surface area contributed by atoms with Crippen LogP contribution >= 0.6 is 11.6 Å². The number of nitrogens with zero attached hydrogens (tertiary/aromatic N) is 2. The number of halogens is 1. The van der Waals surface area contributed by atoms with Gasteiger partial charge in [0.1, 0.15) is 0 Å². The van der Waals surface area contributed by atoms with Crippen molar-refractivity contribution in [3.63, 3.8) is 0 Å². The van der Waals surface area contributed by atoms with Crippen LogP contribution < -0.4 is 10.6 Å². The molecule has 0 spiro atoms. The summed E-state index contributed by atoms with van der Waals surface area (Å²) in [5.74, 6) is 0.365. The van der Waals surface area contributed by atoms with E-state index in [0.717, 1.165) is 24.9 Å². The van der Waals surface area contributed by atoms with Crippen LogP contribution in [0.15, 0.2) is 48.0 Å². The number of anilines is 2. The molecule has 0 aliphatic heterocycles. The standard InChI is InChI=1S/C19H21ClN4O/c20-15-7-4-8-16(13-15)22-18-10-9-17(23-24-18)19(25)21-12-11-14-5-2-1-3-6-14/h4-5,7-10,13H,1-3,6,11-12H2,(H,21,25)(H,22,24). The molecular formula is C19H21ClN4O. The number of carbonyl (C=O) groups excluding carboxylic acids is 1. The molecular weight excluding hydrogens is 336 g/mol. The Labute approximate surface area is 152 Å². The topological polar surface area (TPSA) is 66.9 Å². The summed E-state index contributed by atoms with van der Waals surface area (Å²) >= 11 is 5.95. The first kappa shape index (κ1) is 17.4. The third-order valence-corrected chi connectivity index (χ3v) is 4.35. The molecule has 0 saturated heterocycles. The molecule has 1 amide bonds. The summed E-state index contributed by atoms with van der Waals surface area (Å²) in [4.78, 5) is 12.1. The Hall–Kier alpha value is -2.40. The van der Waals surface area contributed by atoms with Gasteiger partial charge in [-0.25, -0.2) is 0 Å². The van der Waals surface area contributed by atoms with Crippen molar-refractivity contribution in [2.45, 2.75) is 32.1 Å². The number of hydrogen-bond donors (Lipinski definition) is 2. The maximum absolute atomic E-state index is 12.1. The van der Waals surface area contributed by atoms with Gasteiger partial charge < -0.3 is 10.6 Å². The summed E-state index contributed by atoms with van der Waals surface area (Å²) in [5, 5.41) is 14.7. The highest BCUT2D eigenvalue weighted by Crippen LogP contribution is 2.20. The number of carbonyl (C=O) groups is 1. The lowest BCUT2D eigenvalue weighted by Crippen LogP contribution is -2.26. The Balaban J connectivity index is 1.51. The van der Waals surface area contributed by atoms with Gasteiger partial charge in [0.15, 0.2) is 11.5 Å². The van der Waals surface area contributed by atoms with Gasteiger partial charge in [0.05, 0.1) is 0 Å². The predicted octanol–water partition coefficient (Wildman–Crippen LogP) is 4.49. The molecule has 0 fully saturated rings. The zero-order valence-electron chi connectivity index (χ0n) is 14.0. The van der Waals surface area contributed by atoms with Crippen LogP contribution in [0.1, 0.15) is 42.6 Å². The summed E-state index contributed by atoms with van der Waals surface area (Å²) in [6, 6.07) is 10.7. The fourth-order valence-corrected chi connectivity index (χ4v) is 2.98. The third kappa shape index (κ3) is 5.29. The summed E-state index contributed by atoms with van der Waals surface area (Å²) in [6.45, 7) is 0.634. The van der Waals surface area contributed by atoms with Crippen molar-refractivity contribution in [3.05, 3.63) is 58.8 Å². The molecule has 130 valence electrons. The molecule has 0 saturated carbocycles. The lowest BCUT2D eigenvalue weighted by atomic mass is 9.97. The summed E-state index contributed by atoms with van der Waals surface area (Å²) in [5.41, 5.74) is 2.58. The highest BCUT2D eigenvalue weighted by atomic mass is 35.5. The molecule has 0 bridgehead atoms. The fraction of sp³-hybridized carbons (Fsp3) is 0.316. The SMILES string of the molecule is O=C(NCCC1=CCCCC1)c1ccc(Nc2cccc(Cl)c2)nn1. The molecule has 2 N–H and O–H groups in total. The van der Waals surface area contributed by atoms with Gasteiger partial charge in [-0.3, -0.25) is 4.79 Å². The second-order valence-corrected chi connectivity index (χ2v) is 6.49. The normalized spacial score (nSPS) is 13.9. The van der Waals surface area contributed by atoms with Gasteiger partial charge in [0.25, 0.3) is 5.91 Å². The zero-order valence-corrected chi connectivity index (χ0v) is 14.7. The van der Waals surface area contributed by atoms with E-state index in [9.17, 15) is 4.79 Å². The summed E-state index contributed by atoms with van der Waals surface area (Å²) in [6.07, 6.45) is 8.06. The van der Waals surface area contributed by atoms with E-state index < -0.39 is 0 Å². The van der Waals surface area contributed by atoms with Gasteiger partial charge in [0.2, 0.25) is 0 Å². The average molecular weight is 357 g/mol. The van der Waals surface area contributed by atoms with E-state index in [4.69, 9.17) is 11.6 Å². The minimum absolute atomic E-state index is 0.196. The lowest BCUT2D eigenvalue weighted by molar-refractivity contribution is 0.0948. The first-order valence-electron chi connectivity index (χ1n) is 8.53. The minimum atomic E-state index is -0.196. The van der Waals surface area contributed by atoms with Gasteiger partial charge >= 0.3 is 0 Å². The van der Waals surface area contributed by atoms with E-state index in [-0.39, 0.29) is 5.91 Å². The van der Waals surface area contributed by atoms with Crippen molar-refractivity contribution in [3.8, 4) is 0 Å². The Kier molecular flexibility index (Phi) is 6.01. The average Bonchev–Trinajstić information content (AvgIpc) is 2.63. The molecule has 6 heteroatoms. The highest BCUT2D eigenvalue weighted by molar-refractivity contribution is 6.30. The summed E-state index contributed by atoms with van der Waals surface area (Å²) in [7, 11) is 0. The largest absolute Gasteiger partial charge is 0.350 e. The number of benzene rings is 1. The summed E-state index contributed by atoms with van der Waals surface area (Å²) < 4.78 is 0. The molecule has 1 aliphatic rings. The van der Waals surface area contributed by atoms with Crippen LogP contribution in [0.3, 0.4) is 0 Å². The first-order valence-corrected chi connectivity index (χ1v) is 8.91. The van der Waals surface area contributed by atoms with E-state index in [1.807, 2.05) is 12.1 Å². The molecule has 0 radical (unpaired) electrons. The van der Waals surface area contributed by atoms with Gasteiger partial charge in [-0.05, 0) is 62.4 Å². The molecule has 0 unspecified atom stereocenters. The highest BCUT2D eigenvalue weighted by Gasteiger charge is 2.09. The van der Waals surface area contributed by atoms with Crippen LogP contribution in [0.2, 0.25) is 5.02 Å². The van der Waals surface area contributed by atoms with Crippen molar-refractivity contribution in [2.24, 2.45) is 0 Å². The fourth-order valence-electron chi connectivity index (χ4n) is 2.79. The lowest BCUT2D eigenvalue weighted by Gasteiger charge is -2.12. The number of allylic oxidation sites excluding steroid dienone is 1. The second kappa shape index (κ2) is 8.62. The van der Waals surface area contributed by atoms with Crippen LogP contribution in [0.5, 0.6) is 0 Å². The second-order valence-electron chi connectivity index (χ2n) is 6.05. The number of aromatic nitrogens is 2. The molecule has 0 atom stereocenters. The van der Waals surface area contributed by atoms with Crippen LogP contribution in [0.4, 0.5) is 11.5 Å². The molecule has 1 heterocycles. The maximum Gasteiger partial charge on any atom is 0.271 e. The Morgan fingerprint density at radius 3 is 2.80 bits per heavy atom. The quantitative estimate of drug-likeness (QED) is 0.748. The molecule has 1 aromatic heterocycles. The number of nitrogens with one attached hydrogen (secondary N) is 2. The monoisotopic (exact) mass is 356 g/mol. The van der Waals surface area contributed by atoms with E-state index in [2.05, 4.69) is 26.9 Å². The molecule has 1 aliphatic carbocycles. The van der Waals surface area contributed by atoms with Crippen molar-refractivity contribution in [1.29, 1.82) is 0 Å². The molecule has 5 nitrogen and oxygen atoms in total. The van der Waals surface area contributed by atoms with E-state index in [1.54, 1.807) is 24.3 Å². The molecule has 3 rings (SSSR count). The zero-order chi connectivity index (χ0) is 17.5. The Bertz CT molecular complexity index is 758. The van der Waals surface area contributed by atoms with Crippen molar-refractivity contribution < 1.29 is 4.79 Å². The van der Waals surface area contributed by atoms with E-state index in [1.165, 1.54) is 18.4 Å². The Morgan fingerprint density at radius 2 is 2.08 bits per heavy atom. The smallest absolute Gasteiger partial charge is 0.271 e. The molecule has 2 aromatic rings. The third-order valence-electron chi connectivity index (χ3n) is 4.11. The van der Waals surface area contributed by atoms with E-state index >= 15 is 0 Å². The van der Waals surface area contributed by atoms with Gasteiger partial charge in [-0.1, -0.05) is 29.3 Å². The van der Waals surface area contributed by atoms with E-state index in [0.29, 0.717) is 23.1 Å². The number of rotatable bonds is 6. The Morgan fingerprint density at radius 1 is 1.16 bits per heavy atom. The first-order chi connectivity index (χ1) is 12.2. The van der Waals surface area contributed by atoms with Crippen LogP contribution in [-0.4, -0.2) is 22.6 Å². The number of hydrogen-bond acceptors (Lipinski definition) is 4. The van der Waals surface area contributed by atoms with Crippen molar-refractivity contribution >= 4 is 29.0 Å². The van der Waals surface area contributed by atoms with Crippen LogP contribution in [-0.2, 0) is 0 Å². The van der Waals surface area contributed by atoms with Gasteiger partial charge in [0, 0.05) is 17.3 Å². The minimum Gasteiger partial charge on any atom is -0.350 e. The van der Waals surface area contributed by atoms with Gasteiger partial charge in [-0.2, -0.15) is 0 Å². The van der Waals surface area contributed by atoms with Crippen molar-refractivity contribution in [2.75, 3.05) is 11.9 Å². The van der Waals surface area contributed by atoms with Gasteiger partial charge in [-0.15, -0.1) is 10.2 Å². The predicted molar refractivity (Wildman–Crippen MR) is 100 cm³/mol. The molecule has 1 aromatic carbocycles. The number of amides is 1. The van der Waals surface area contributed by atoms with Crippen molar-refractivity contribution in [1.82, 2.24) is 15.5 Å². The van der Waals surface area contributed by atoms with Crippen LogP contribution in [0.25, 0.3) is 0 Å². The maximum atomic E-state index is 12.1.